The van der Waals surface area contributed by atoms with E-state index in [0.29, 0.717) is 29.8 Å². The standard InChI is InChI=1S/C20H21FN2O2/c1-20(2)19(24)18(15-11-13(12-22)7-8-17(15)25-20)23-10-9-14-5-3-4-6-16(14)21/h3-8,11,18-19,23-24H,9-10H2,1-2H3. The third kappa shape index (κ3) is 3.51. The van der Waals surface area contributed by atoms with Crippen LogP contribution in [0, 0.1) is 17.1 Å². The smallest absolute Gasteiger partial charge is 0.131 e. The minimum Gasteiger partial charge on any atom is -0.485 e. The second-order valence-electron chi connectivity index (χ2n) is 6.79. The Hall–Kier alpha value is -2.42. The molecule has 0 bridgehead atoms. The normalized spacial score (nSPS) is 21.1. The Morgan fingerprint density at radius 2 is 2.04 bits per heavy atom. The molecule has 0 fully saturated rings. The van der Waals surface area contributed by atoms with Gasteiger partial charge in [0, 0.05) is 5.56 Å². The van der Waals surface area contributed by atoms with Crippen LogP contribution in [-0.2, 0) is 6.42 Å². The molecule has 0 aliphatic carbocycles. The van der Waals surface area contributed by atoms with Gasteiger partial charge in [0.1, 0.15) is 23.3 Å². The number of ether oxygens (including phenoxy) is 1. The molecule has 0 radical (unpaired) electrons. The predicted octanol–water partition coefficient (Wildman–Crippen LogP) is 3.10. The van der Waals surface area contributed by atoms with Crippen molar-refractivity contribution in [2.45, 2.75) is 38.0 Å². The van der Waals surface area contributed by atoms with Crippen LogP contribution in [0.3, 0.4) is 0 Å². The van der Waals surface area contributed by atoms with Crippen LogP contribution in [0.4, 0.5) is 4.39 Å². The first kappa shape index (κ1) is 17.4. The second-order valence-corrected chi connectivity index (χ2v) is 6.79. The number of rotatable bonds is 4. The summed E-state index contributed by atoms with van der Waals surface area (Å²) in [4.78, 5) is 0. The van der Waals surface area contributed by atoms with Gasteiger partial charge >= 0.3 is 0 Å². The van der Waals surface area contributed by atoms with Crippen LogP contribution in [0.25, 0.3) is 0 Å². The number of fused-ring (bicyclic) bond motifs is 1. The average Bonchev–Trinajstić information content (AvgIpc) is 2.59. The maximum Gasteiger partial charge on any atom is 0.131 e. The van der Waals surface area contributed by atoms with Gasteiger partial charge in [0.05, 0.1) is 17.7 Å². The predicted molar refractivity (Wildman–Crippen MR) is 92.7 cm³/mol. The molecule has 0 saturated heterocycles. The lowest BCUT2D eigenvalue weighted by Gasteiger charge is -2.42. The summed E-state index contributed by atoms with van der Waals surface area (Å²) in [7, 11) is 0. The summed E-state index contributed by atoms with van der Waals surface area (Å²) < 4.78 is 19.6. The summed E-state index contributed by atoms with van der Waals surface area (Å²) in [5, 5.41) is 23.2. The summed E-state index contributed by atoms with van der Waals surface area (Å²) in [5.41, 5.74) is 1.12. The number of nitrogens with one attached hydrogen (secondary N) is 1. The lowest BCUT2D eigenvalue weighted by atomic mass is 9.86. The highest BCUT2D eigenvalue weighted by Gasteiger charge is 2.42. The van der Waals surface area contributed by atoms with Crippen molar-refractivity contribution in [2.24, 2.45) is 0 Å². The van der Waals surface area contributed by atoms with Crippen molar-refractivity contribution >= 4 is 0 Å². The topological polar surface area (TPSA) is 65.3 Å². The quantitative estimate of drug-likeness (QED) is 0.898. The van der Waals surface area contributed by atoms with Gasteiger partial charge in [-0.15, -0.1) is 0 Å². The van der Waals surface area contributed by atoms with Crippen LogP contribution in [0.2, 0.25) is 0 Å². The zero-order valence-corrected chi connectivity index (χ0v) is 14.3. The molecule has 0 spiro atoms. The van der Waals surface area contributed by atoms with Gasteiger partial charge in [-0.25, -0.2) is 4.39 Å². The number of hydrogen-bond acceptors (Lipinski definition) is 4. The first-order valence-electron chi connectivity index (χ1n) is 8.30. The lowest BCUT2D eigenvalue weighted by molar-refractivity contribution is -0.0644. The van der Waals surface area contributed by atoms with Gasteiger partial charge in [-0.05, 0) is 56.6 Å². The van der Waals surface area contributed by atoms with Gasteiger partial charge in [-0.3, -0.25) is 0 Å². The molecule has 2 unspecified atom stereocenters. The number of halogens is 1. The zero-order valence-electron chi connectivity index (χ0n) is 14.3. The maximum atomic E-state index is 13.8. The Labute approximate surface area is 146 Å². The Morgan fingerprint density at radius 3 is 2.76 bits per heavy atom. The molecular weight excluding hydrogens is 319 g/mol. The molecule has 3 rings (SSSR count). The van der Waals surface area contributed by atoms with Crippen LogP contribution in [-0.4, -0.2) is 23.4 Å². The molecule has 5 heteroatoms. The van der Waals surface area contributed by atoms with Gasteiger partial charge in [-0.1, -0.05) is 18.2 Å². The molecule has 1 aliphatic rings. The summed E-state index contributed by atoms with van der Waals surface area (Å²) in [6.45, 7) is 4.14. The van der Waals surface area contributed by atoms with E-state index < -0.39 is 11.7 Å². The van der Waals surface area contributed by atoms with Gasteiger partial charge in [0.25, 0.3) is 0 Å². The van der Waals surface area contributed by atoms with Crippen molar-refractivity contribution in [3.05, 3.63) is 65.0 Å². The SMILES string of the molecule is CC1(C)Oc2ccc(C#N)cc2C(NCCc2ccccc2F)C1O. The fourth-order valence-electron chi connectivity index (χ4n) is 3.15. The van der Waals surface area contributed by atoms with E-state index in [9.17, 15) is 9.50 Å². The van der Waals surface area contributed by atoms with Crippen molar-refractivity contribution in [3.63, 3.8) is 0 Å². The minimum absolute atomic E-state index is 0.232. The van der Waals surface area contributed by atoms with Crippen LogP contribution in [0.15, 0.2) is 42.5 Å². The van der Waals surface area contributed by atoms with Crippen molar-refractivity contribution in [1.29, 1.82) is 5.26 Å². The summed E-state index contributed by atoms with van der Waals surface area (Å²) in [5.74, 6) is 0.419. The largest absolute Gasteiger partial charge is 0.485 e. The maximum absolute atomic E-state index is 13.8. The summed E-state index contributed by atoms with van der Waals surface area (Å²) in [6, 6.07) is 13.6. The van der Waals surface area contributed by atoms with Crippen molar-refractivity contribution in [2.75, 3.05) is 6.54 Å². The molecule has 0 amide bonds. The Kier molecular flexibility index (Phi) is 4.76. The minimum atomic E-state index is -0.797. The van der Waals surface area contributed by atoms with E-state index in [2.05, 4.69) is 11.4 Å². The number of nitrogens with zero attached hydrogens (tertiary/aromatic N) is 1. The van der Waals surface area contributed by atoms with Gasteiger partial charge in [-0.2, -0.15) is 5.26 Å². The van der Waals surface area contributed by atoms with Crippen molar-refractivity contribution in [3.8, 4) is 11.8 Å². The third-order valence-corrected chi connectivity index (χ3v) is 4.59. The first-order valence-corrected chi connectivity index (χ1v) is 8.30. The summed E-state index contributed by atoms with van der Waals surface area (Å²) >= 11 is 0. The number of aliphatic hydroxyl groups is 1. The monoisotopic (exact) mass is 340 g/mol. The molecule has 2 aromatic carbocycles. The van der Waals surface area contributed by atoms with Crippen LogP contribution in [0.5, 0.6) is 5.75 Å². The molecule has 1 aliphatic heterocycles. The van der Waals surface area contributed by atoms with E-state index in [1.807, 2.05) is 13.8 Å². The molecule has 2 aromatic rings. The zero-order chi connectivity index (χ0) is 18.0. The Balaban J connectivity index is 1.82. The highest BCUT2D eigenvalue weighted by atomic mass is 19.1. The molecule has 25 heavy (non-hydrogen) atoms. The van der Waals surface area contributed by atoms with E-state index in [-0.39, 0.29) is 11.9 Å². The molecule has 1 heterocycles. The van der Waals surface area contributed by atoms with E-state index >= 15 is 0 Å². The molecule has 0 aromatic heterocycles. The Bertz CT molecular complexity index is 814. The number of nitriles is 1. The Morgan fingerprint density at radius 1 is 1.28 bits per heavy atom. The van der Waals surface area contributed by atoms with E-state index in [1.54, 1.807) is 36.4 Å². The average molecular weight is 340 g/mol. The molecule has 2 N–H and O–H groups in total. The number of benzene rings is 2. The second kappa shape index (κ2) is 6.83. The molecule has 130 valence electrons. The van der Waals surface area contributed by atoms with Gasteiger partial charge < -0.3 is 15.2 Å². The fourth-order valence-corrected chi connectivity index (χ4v) is 3.15. The fraction of sp³-hybridized carbons (Fsp3) is 0.350. The molecular formula is C20H21FN2O2. The molecule has 2 atom stereocenters. The van der Waals surface area contributed by atoms with Gasteiger partial charge in [0.15, 0.2) is 0 Å². The third-order valence-electron chi connectivity index (χ3n) is 4.59. The van der Waals surface area contributed by atoms with Crippen LogP contribution < -0.4 is 10.1 Å². The van der Waals surface area contributed by atoms with E-state index in [4.69, 9.17) is 10.00 Å². The molecule has 4 nitrogen and oxygen atoms in total. The van der Waals surface area contributed by atoms with E-state index in [1.165, 1.54) is 6.07 Å². The molecule has 0 saturated carbocycles. The lowest BCUT2D eigenvalue weighted by Crippen LogP contribution is -2.52. The first-order chi connectivity index (χ1) is 11.9. The van der Waals surface area contributed by atoms with E-state index in [0.717, 1.165) is 5.56 Å². The van der Waals surface area contributed by atoms with Crippen molar-refractivity contribution < 1.29 is 14.2 Å². The van der Waals surface area contributed by atoms with Gasteiger partial charge in [0.2, 0.25) is 0 Å². The highest BCUT2D eigenvalue weighted by molar-refractivity contribution is 5.46. The highest BCUT2D eigenvalue weighted by Crippen LogP contribution is 2.40. The van der Waals surface area contributed by atoms with Crippen LogP contribution in [0.1, 0.15) is 36.6 Å². The number of aliphatic hydroxyl groups excluding tert-OH is 1. The summed E-state index contributed by atoms with van der Waals surface area (Å²) in [6.07, 6.45) is -0.292. The number of hydrogen-bond donors (Lipinski definition) is 2. The van der Waals surface area contributed by atoms with Crippen molar-refractivity contribution in [1.82, 2.24) is 5.32 Å². The van der Waals surface area contributed by atoms with Crippen LogP contribution >= 0.6 is 0 Å².